The van der Waals surface area contributed by atoms with Crippen molar-refractivity contribution in [3.05, 3.63) is 70.9 Å². The molecule has 4 aromatic rings. The number of alkyl halides is 2. The number of hydrogen-bond donors (Lipinski definition) is 2. The van der Waals surface area contributed by atoms with Gasteiger partial charge < -0.3 is 23.8 Å². The number of benzene rings is 1. The number of aromatic nitrogens is 3. The van der Waals surface area contributed by atoms with Crippen LogP contribution in [0.5, 0.6) is 0 Å². The summed E-state index contributed by atoms with van der Waals surface area (Å²) in [6, 6.07) is 5.11. The molecule has 0 radical (unpaired) electrons. The zero-order valence-corrected chi connectivity index (χ0v) is 17.6. The molecule has 0 fully saturated rings. The van der Waals surface area contributed by atoms with E-state index in [0.717, 1.165) is 5.69 Å². The van der Waals surface area contributed by atoms with Gasteiger partial charge in [-0.2, -0.15) is 0 Å². The summed E-state index contributed by atoms with van der Waals surface area (Å²) < 4.78 is 52.7. The van der Waals surface area contributed by atoms with Crippen LogP contribution in [0.15, 0.2) is 39.4 Å². The maximum Gasteiger partial charge on any atom is 0.292 e. The Hall–Kier alpha value is -3.60. The third-order valence-electron chi connectivity index (χ3n) is 5.55. The number of furan rings is 1. The Labute approximate surface area is 185 Å². The quantitative estimate of drug-likeness (QED) is 0.472. The molecule has 1 aliphatic heterocycles. The summed E-state index contributed by atoms with van der Waals surface area (Å²) in [5.74, 6) is -2.29. The number of rotatable bonds is 4. The molecule has 11 heteroatoms. The number of aromatic amines is 1. The lowest BCUT2D eigenvalue weighted by atomic mass is 9.99. The lowest BCUT2D eigenvalue weighted by Crippen LogP contribution is -2.40. The van der Waals surface area contributed by atoms with Gasteiger partial charge in [0.15, 0.2) is 17.1 Å². The molecule has 2 N–H and O–H groups in total. The van der Waals surface area contributed by atoms with Crippen LogP contribution in [0, 0.1) is 5.82 Å². The Bertz CT molecular complexity index is 1350. The summed E-state index contributed by atoms with van der Waals surface area (Å²) in [6.07, 6.45) is -1.27. The van der Waals surface area contributed by atoms with Crippen LogP contribution in [0.25, 0.3) is 11.0 Å². The molecule has 1 aromatic carbocycles. The summed E-state index contributed by atoms with van der Waals surface area (Å²) in [6.45, 7) is 2.75. The second-order valence-corrected chi connectivity index (χ2v) is 8.32. The van der Waals surface area contributed by atoms with Crippen LogP contribution in [0.2, 0.25) is 0 Å². The first kappa shape index (κ1) is 21.3. The first-order valence-corrected chi connectivity index (χ1v) is 10.2. The second-order valence-electron chi connectivity index (χ2n) is 8.32. The van der Waals surface area contributed by atoms with Crippen LogP contribution >= 0.6 is 0 Å². The monoisotopic (exact) mass is 460 g/mol. The lowest BCUT2D eigenvalue weighted by molar-refractivity contribution is 0.0437. The Morgan fingerprint density at radius 1 is 1.33 bits per heavy atom. The number of H-pyrrole nitrogens is 1. The predicted molar refractivity (Wildman–Crippen MR) is 108 cm³/mol. The van der Waals surface area contributed by atoms with Gasteiger partial charge in [-0.3, -0.25) is 4.79 Å². The van der Waals surface area contributed by atoms with Crippen LogP contribution in [-0.2, 0) is 12.0 Å². The number of carbonyl (C=O) groups excluding carboxylic acids is 1. The molecule has 172 valence electrons. The van der Waals surface area contributed by atoms with Gasteiger partial charge in [-0.1, -0.05) is 12.1 Å². The van der Waals surface area contributed by atoms with Crippen molar-refractivity contribution in [2.24, 2.45) is 0 Å². The van der Waals surface area contributed by atoms with Crippen LogP contribution in [0.1, 0.15) is 65.6 Å². The summed E-state index contributed by atoms with van der Waals surface area (Å²) >= 11 is 0. The Morgan fingerprint density at radius 3 is 2.82 bits per heavy atom. The van der Waals surface area contributed by atoms with E-state index in [9.17, 15) is 23.1 Å². The zero-order chi connectivity index (χ0) is 23.5. The number of nitrogens with one attached hydrogen (secondary N) is 1. The fraction of sp³-hybridized carbons (Fsp3) is 0.318. The number of nitrogens with zero attached hydrogens (tertiary/aromatic N) is 3. The Kier molecular flexibility index (Phi) is 4.82. The predicted octanol–water partition coefficient (Wildman–Crippen LogP) is 4.24. The van der Waals surface area contributed by atoms with Crippen molar-refractivity contribution in [3.8, 4) is 0 Å². The van der Waals surface area contributed by atoms with Gasteiger partial charge in [-0.15, -0.1) is 0 Å². The van der Waals surface area contributed by atoms with Gasteiger partial charge >= 0.3 is 0 Å². The van der Waals surface area contributed by atoms with Gasteiger partial charge in [-0.25, -0.2) is 23.1 Å². The minimum Gasteiger partial charge on any atom is -0.455 e. The molecule has 1 atom stereocenters. The zero-order valence-electron chi connectivity index (χ0n) is 17.6. The average molecular weight is 460 g/mol. The fourth-order valence-corrected chi connectivity index (χ4v) is 3.99. The van der Waals surface area contributed by atoms with Crippen molar-refractivity contribution < 1.29 is 31.9 Å². The molecule has 5 rings (SSSR count). The molecule has 0 aliphatic carbocycles. The van der Waals surface area contributed by atoms with Crippen LogP contribution in [0.4, 0.5) is 13.2 Å². The topological polar surface area (TPSA) is 108 Å². The number of imidazole rings is 1. The van der Waals surface area contributed by atoms with Gasteiger partial charge in [0.2, 0.25) is 11.7 Å². The minimum atomic E-state index is -3.10. The molecule has 0 unspecified atom stereocenters. The van der Waals surface area contributed by atoms with E-state index in [1.807, 2.05) is 0 Å². The highest BCUT2D eigenvalue weighted by atomic mass is 19.3. The maximum atomic E-state index is 14.3. The van der Waals surface area contributed by atoms with E-state index in [-0.39, 0.29) is 17.9 Å². The summed E-state index contributed by atoms with van der Waals surface area (Å²) in [7, 11) is 0. The molecule has 0 saturated carbocycles. The third-order valence-corrected chi connectivity index (χ3v) is 5.55. The smallest absolute Gasteiger partial charge is 0.292 e. The average Bonchev–Trinajstić information content (AvgIpc) is 3.49. The largest absolute Gasteiger partial charge is 0.455 e. The van der Waals surface area contributed by atoms with E-state index < -0.39 is 47.1 Å². The van der Waals surface area contributed by atoms with E-state index in [4.69, 9.17) is 8.83 Å². The summed E-state index contributed by atoms with van der Waals surface area (Å²) in [5.41, 5.74) is -1.32. The highest BCUT2D eigenvalue weighted by Crippen LogP contribution is 2.39. The number of para-hydroxylation sites is 1. The third kappa shape index (κ3) is 3.48. The molecule has 0 saturated heterocycles. The molecule has 0 bridgehead atoms. The highest BCUT2D eigenvalue weighted by molar-refractivity contribution is 5.93. The maximum absolute atomic E-state index is 14.3. The fourth-order valence-electron chi connectivity index (χ4n) is 3.99. The van der Waals surface area contributed by atoms with E-state index >= 15 is 0 Å². The van der Waals surface area contributed by atoms with Crippen LogP contribution in [0.3, 0.4) is 0 Å². The lowest BCUT2D eigenvalue weighted by Gasteiger charge is -2.33. The van der Waals surface area contributed by atoms with Gasteiger partial charge in [0.1, 0.15) is 17.4 Å². The number of carbonyl (C=O) groups is 1. The second kappa shape index (κ2) is 7.48. The van der Waals surface area contributed by atoms with Crippen LogP contribution in [-0.4, -0.2) is 37.4 Å². The van der Waals surface area contributed by atoms with Gasteiger partial charge in [0.05, 0.1) is 12.0 Å². The number of fused-ring (bicyclic) bond motifs is 2. The Morgan fingerprint density at radius 2 is 2.12 bits per heavy atom. The first-order valence-electron chi connectivity index (χ1n) is 10.2. The molecule has 33 heavy (non-hydrogen) atoms. The SMILES string of the molecule is CC(C)(O)c1nc(C(F)F)c(C(=O)N2CCc3[nH]cnc3[C@H]2c2cc3cccc(F)c3o2)o1. The van der Waals surface area contributed by atoms with Gasteiger partial charge in [-0.05, 0) is 26.0 Å². The van der Waals surface area contributed by atoms with Crippen LogP contribution < -0.4 is 0 Å². The van der Waals surface area contributed by atoms with Gasteiger partial charge in [0, 0.05) is 24.0 Å². The van der Waals surface area contributed by atoms with Gasteiger partial charge in [0.25, 0.3) is 12.3 Å². The van der Waals surface area contributed by atoms with Crippen molar-refractivity contribution in [2.75, 3.05) is 6.54 Å². The molecule has 1 aliphatic rings. The van der Waals surface area contributed by atoms with E-state index in [1.165, 1.54) is 37.2 Å². The Balaban J connectivity index is 1.63. The molecule has 4 heterocycles. The normalized spacial score (nSPS) is 16.6. The van der Waals surface area contributed by atoms with E-state index in [1.54, 1.807) is 12.1 Å². The molecule has 3 aromatic heterocycles. The number of hydrogen-bond acceptors (Lipinski definition) is 6. The summed E-state index contributed by atoms with van der Waals surface area (Å²) in [5, 5.41) is 10.6. The standard InChI is InChI=1S/C22H19F3N4O4/c1-22(2,31)21-28-15(19(24)25)18(33-21)20(30)29-7-6-12-14(27-9-26-12)16(29)13-8-10-4-3-5-11(23)17(10)32-13/h3-5,8-9,16,19,31H,6-7H2,1-2H3,(H,26,27)/t16-/m1/s1. The van der Waals surface area contributed by atoms with Crippen molar-refractivity contribution >= 4 is 16.9 Å². The number of amides is 1. The molecule has 1 amide bonds. The summed E-state index contributed by atoms with van der Waals surface area (Å²) in [4.78, 5) is 25.7. The van der Waals surface area contributed by atoms with E-state index in [2.05, 4.69) is 15.0 Å². The molecular formula is C22H19F3N4O4. The molecule has 8 nitrogen and oxygen atoms in total. The van der Waals surface area contributed by atoms with Crippen molar-refractivity contribution in [1.82, 2.24) is 19.9 Å². The number of aliphatic hydroxyl groups is 1. The van der Waals surface area contributed by atoms with Crippen molar-refractivity contribution in [1.29, 1.82) is 0 Å². The first-order chi connectivity index (χ1) is 15.6. The number of halogens is 3. The molecular weight excluding hydrogens is 441 g/mol. The van der Waals surface area contributed by atoms with Crippen molar-refractivity contribution in [3.63, 3.8) is 0 Å². The van der Waals surface area contributed by atoms with Crippen molar-refractivity contribution in [2.45, 2.75) is 38.3 Å². The minimum absolute atomic E-state index is 0.0137. The highest BCUT2D eigenvalue weighted by Gasteiger charge is 2.41. The number of oxazole rings is 1. The molecule has 0 spiro atoms. The van der Waals surface area contributed by atoms with E-state index in [0.29, 0.717) is 17.5 Å².